The third kappa shape index (κ3) is 7.61. The lowest BCUT2D eigenvalue weighted by atomic mass is 9.91. The highest BCUT2D eigenvalue weighted by Gasteiger charge is 2.26. The van der Waals surface area contributed by atoms with Gasteiger partial charge in [-0.25, -0.2) is 0 Å². The Hall–Kier alpha value is -1.79. The second-order valence-electron chi connectivity index (χ2n) is 10.5. The van der Waals surface area contributed by atoms with Crippen molar-refractivity contribution in [2.45, 2.75) is 45.4 Å². The van der Waals surface area contributed by atoms with Crippen LogP contribution < -0.4 is 5.32 Å². The molecule has 2 saturated heterocycles. The van der Waals surface area contributed by atoms with Crippen molar-refractivity contribution in [3.63, 3.8) is 0 Å². The highest BCUT2D eigenvalue weighted by Crippen LogP contribution is 2.31. The van der Waals surface area contributed by atoms with E-state index in [1.165, 1.54) is 64.0 Å². The molecule has 2 fully saturated rings. The fraction of sp³-hybridized carbons (Fsp3) is 0.552. The quantitative estimate of drug-likeness (QED) is 0.498. The Kier molecular flexibility index (Phi) is 9.95. The molecule has 0 unspecified atom stereocenters. The summed E-state index contributed by atoms with van der Waals surface area (Å²) in [5.41, 5.74) is 3.75. The van der Waals surface area contributed by atoms with E-state index >= 15 is 0 Å². The molecule has 196 valence electrons. The number of hydrogen-bond donors (Lipinski definition) is 1. The Morgan fingerprint density at radius 1 is 1.08 bits per heavy atom. The minimum Gasteiger partial charge on any atom is -0.370 e. The summed E-state index contributed by atoms with van der Waals surface area (Å²) in [7, 11) is 2.23. The van der Waals surface area contributed by atoms with E-state index in [-0.39, 0.29) is 5.91 Å². The van der Waals surface area contributed by atoms with Crippen molar-refractivity contribution in [3.8, 4) is 0 Å². The SMILES string of the molecule is C\C1=C(N2CCC(CCN3CCCN(C)CC3)CC2)/C(NC(=O)c2cccc(Cl)c2)=C\C(Cl)=C/CC1. The molecule has 4 rings (SSSR count). The number of amides is 1. The maximum atomic E-state index is 13.1. The molecule has 1 aliphatic carbocycles. The van der Waals surface area contributed by atoms with Crippen molar-refractivity contribution in [3.05, 3.63) is 69.0 Å². The van der Waals surface area contributed by atoms with Crippen LogP contribution in [0.15, 0.2) is 58.4 Å². The molecule has 5 nitrogen and oxygen atoms in total. The van der Waals surface area contributed by atoms with Crippen LogP contribution in [0, 0.1) is 5.92 Å². The number of carbonyl (C=O) groups is 1. The van der Waals surface area contributed by atoms with Gasteiger partial charge in [0, 0.05) is 41.8 Å². The maximum Gasteiger partial charge on any atom is 0.255 e. The minimum atomic E-state index is -0.169. The van der Waals surface area contributed by atoms with Crippen molar-refractivity contribution >= 4 is 29.1 Å². The van der Waals surface area contributed by atoms with E-state index in [9.17, 15) is 4.79 Å². The number of carbonyl (C=O) groups excluding carboxylic acids is 1. The highest BCUT2D eigenvalue weighted by atomic mass is 35.5. The Morgan fingerprint density at radius 3 is 2.67 bits per heavy atom. The fourth-order valence-electron chi connectivity index (χ4n) is 5.53. The molecule has 0 spiro atoms. The van der Waals surface area contributed by atoms with Crippen LogP contribution in [0.25, 0.3) is 0 Å². The smallest absolute Gasteiger partial charge is 0.255 e. The molecule has 0 bridgehead atoms. The van der Waals surface area contributed by atoms with Gasteiger partial charge in [-0.05, 0) is 108 Å². The summed E-state index contributed by atoms with van der Waals surface area (Å²) in [4.78, 5) is 20.7. The monoisotopic (exact) mass is 530 g/mol. The normalized spacial score (nSPS) is 26.3. The predicted octanol–water partition coefficient (Wildman–Crippen LogP) is 5.88. The van der Waals surface area contributed by atoms with Crippen LogP contribution in [0.1, 0.15) is 55.8 Å². The summed E-state index contributed by atoms with van der Waals surface area (Å²) < 4.78 is 0. The number of nitrogens with zero attached hydrogens (tertiary/aromatic N) is 3. The summed E-state index contributed by atoms with van der Waals surface area (Å²) in [6.45, 7) is 10.2. The molecule has 2 aliphatic heterocycles. The first-order chi connectivity index (χ1) is 17.4. The van der Waals surface area contributed by atoms with Crippen molar-refractivity contribution in [1.82, 2.24) is 20.0 Å². The molecule has 2 heterocycles. The number of benzene rings is 1. The number of piperidine rings is 1. The Morgan fingerprint density at radius 2 is 1.89 bits per heavy atom. The molecule has 1 aromatic rings. The highest BCUT2D eigenvalue weighted by molar-refractivity contribution is 6.31. The number of likely N-dealkylation sites (N-methyl/N-ethyl adjacent to an activating group) is 1. The first-order valence-electron chi connectivity index (χ1n) is 13.4. The average Bonchev–Trinajstić information content (AvgIpc) is 3.06. The van der Waals surface area contributed by atoms with Gasteiger partial charge < -0.3 is 20.0 Å². The van der Waals surface area contributed by atoms with Gasteiger partial charge in [-0.1, -0.05) is 35.3 Å². The zero-order chi connectivity index (χ0) is 25.5. The number of hydrogen-bond acceptors (Lipinski definition) is 4. The van der Waals surface area contributed by atoms with Crippen molar-refractivity contribution in [2.24, 2.45) is 5.92 Å². The largest absolute Gasteiger partial charge is 0.370 e. The number of likely N-dealkylation sites (tertiary alicyclic amines) is 1. The third-order valence-corrected chi connectivity index (χ3v) is 8.23. The van der Waals surface area contributed by atoms with Crippen molar-refractivity contribution in [2.75, 3.05) is 52.9 Å². The first-order valence-corrected chi connectivity index (χ1v) is 14.1. The molecule has 0 aromatic heterocycles. The number of halogens is 2. The van der Waals surface area contributed by atoms with Gasteiger partial charge in [0.1, 0.15) is 0 Å². The lowest BCUT2D eigenvalue weighted by molar-refractivity contribution is 0.0963. The zero-order valence-corrected chi connectivity index (χ0v) is 23.3. The van der Waals surface area contributed by atoms with Crippen molar-refractivity contribution in [1.29, 1.82) is 0 Å². The van der Waals surface area contributed by atoms with E-state index in [4.69, 9.17) is 23.2 Å². The molecule has 0 saturated carbocycles. The van der Waals surface area contributed by atoms with E-state index in [0.717, 1.165) is 43.2 Å². The Bertz CT molecular complexity index is 1010. The molecular formula is C29H40Cl2N4O. The summed E-state index contributed by atoms with van der Waals surface area (Å²) >= 11 is 12.6. The number of rotatable bonds is 6. The number of allylic oxidation sites excluding steroid dienone is 4. The lowest BCUT2D eigenvalue weighted by Crippen LogP contribution is -2.39. The Labute approximate surface area is 226 Å². The van der Waals surface area contributed by atoms with Gasteiger partial charge in [-0.3, -0.25) is 4.79 Å². The number of nitrogens with one attached hydrogen (secondary N) is 1. The van der Waals surface area contributed by atoms with Crippen LogP contribution >= 0.6 is 23.2 Å². The van der Waals surface area contributed by atoms with Crippen LogP contribution in [0.3, 0.4) is 0 Å². The molecule has 1 aromatic carbocycles. The summed E-state index contributed by atoms with van der Waals surface area (Å²) in [6.07, 6.45) is 10.7. The topological polar surface area (TPSA) is 38.8 Å². The third-order valence-electron chi connectivity index (χ3n) is 7.73. The molecule has 1 amide bonds. The lowest BCUT2D eigenvalue weighted by Gasteiger charge is -2.38. The van der Waals surface area contributed by atoms with Gasteiger partial charge in [0.25, 0.3) is 5.91 Å². The van der Waals surface area contributed by atoms with Gasteiger partial charge in [0.2, 0.25) is 0 Å². The summed E-state index contributed by atoms with van der Waals surface area (Å²) in [5.74, 6) is 0.589. The summed E-state index contributed by atoms with van der Waals surface area (Å²) in [6, 6.07) is 7.05. The van der Waals surface area contributed by atoms with E-state index in [0.29, 0.717) is 15.6 Å². The van der Waals surface area contributed by atoms with Crippen molar-refractivity contribution < 1.29 is 4.79 Å². The predicted molar refractivity (Wildman–Crippen MR) is 150 cm³/mol. The van der Waals surface area contributed by atoms with Crippen LogP contribution in [0.2, 0.25) is 5.02 Å². The average molecular weight is 532 g/mol. The second-order valence-corrected chi connectivity index (χ2v) is 11.4. The fourth-order valence-corrected chi connectivity index (χ4v) is 5.94. The van der Waals surface area contributed by atoms with E-state index in [1.807, 2.05) is 12.2 Å². The zero-order valence-electron chi connectivity index (χ0n) is 21.7. The molecular weight excluding hydrogens is 491 g/mol. The Balaban J connectivity index is 1.41. The minimum absolute atomic E-state index is 0.169. The van der Waals surface area contributed by atoms with Crippen LogP contribution in [0.4, 0.5) is 0 Å². The van der Waals surface area contributed by atoms with E-state index < -0.39 is 0 Å². The van der Waals surface area contributed by atoms with Gasteiger partial charge in [-0.2, -0.15) is 0 Å². The molecule has 1 N–H and O–H groups in total. The van der Waals surface area contributed by atoms with Gasteiger partial charge in [0.05, 0.1) is 11.4 Å². The van der Waals surface area contributed by atoms with Crippen LogP contribution in [-0.2, 0) is 0 Å². The standard InChI is InChI=1S/C29H40Cl2N4O/c1-22-6-3-8-26(31)21-27(32-29(36)24-7-4-9-25(30)20-24)28(22)35-16-11-23(12-17-35)10-15-34-14-5-13-33(2)18-19-34/h4,7-9,20-21,23H,3,5-6,10-19H2,1-2H3,(H,32,36)/b26-8+,27-21+,28-22-. The molecule has 3 aliphatic rings. The van der Waals surface area contributed by atoms with E-state index in [1.54, 1.807) is 24.3 Å². The molecule has 0 atom stereocenters. The second kappa shape index (κ2) is 13.1. The van der Waals surface area contributed by atoms with Gasteiger partial charge >= 0.3 is 0 Å². The first kappa shape index (κ1) is 27.3. The van der Waals surface area contributed by atoms with E-state index in [2.05, 4.69) is 34.0 Å². The maximum absolute atomic E-state index is 13.1. The van der Waals surface area contributed by atoms with Crippen LogP contribution in [-0.4, -0.2) is 73.5 Å². The molecule has 0 radical (unpaired) electrons. The molecule has 7 heteroatoms. The summed E-state index contributed by atoms with van der Waals surface area (Å²) in [5, 5.41) is 4.37. The van der Waals surface area contributed by atoms with Gasteiger partial charge in [-0.15, -0.1) is 0 Å². The molecule has 36 heavy (non-hydrogen) atoms. The van der Waals surface area contributed by atoms with Crippen LogP contribution in [0.5, 0.6) is 0 Å². The van der Waals surface area contributed by atoms with Gasteiger partial charge in [0.15, 0.2) is 0 Å².